The summed E-state index contributed by atoms with van der Waals surface area (Å²) >= 11 is 7.64. The minimum Gasteiger partial charge on any atom is -0.379 e. The molecule has 0 saturated heterocycles. The van der Waals surface area contributed by atoms with E-state index in [1.54, 1.807) is 12.1 Å². The van der Waals surface area contributed by atoms with E-state index in [1.807, 2.05) is 22.6 Å². The standard InChI is InChI=1S/C12H7ClINO5S/c13-8-4-5-12(11(6-8)15(16)17)21(18,19)20-10-3-1-2-9(14)7-10/h1-7H. The normalized spacial score (nSPS) is 11.1. The molecule has 2 rings (SSSR count). The molecule has 0 unspecified atom stereocenters. The molecule has 0 aliphatic heterocycles. The molecule has 0 spiro atoms. The van der Waals surface area contributed by atoms with Crippen molar-refractivity contribution in [1.29, 1.82) is 0 Å². The SMILES string of the molecule is O=[N+]([O-])c1cc(Cl)ccc1S(=O)(=O)Oc1cccc(I)c1. The van der Waals surface area contributed by atoms with Crippen LogP contribution in [-0.4, -0.2) is 13.3 Å². The third-order valence-electron chi connectivity index (χ3n) is 2.39. The van der Waals surface area contributed by atoms with Crippen LogP contribution >= 0.6 is 34.2 Å². The summed E-state index contributed by atoms with van der Waals surface area (Å²) in [5, 5.41) is 11.0. The Morgan fingerprint density at radius 2 is 1.90 bits per heavy atom. The predicted octanol–water partition coefficient (Wildman–Crippen LogP) is 3.62. The van der Waals surface area contributed by atoms with Crippen molar-refractivity contribution in [2.45, 2.75) is 4.90 Å². The Hall–Kier alpha value is -1.39. The van der Waals surface area contributed by atoms with Crippen LogP contribution in [-0.2, 0) is 10.1 Å². The number of nitrogens with zero attached hydrogens (tertiary/aromatic N) is 1. The van der Waals surface area contributed by atoms with Crippen molar-refractivity contribution in [3.8, 4) is 5.75 Å². The molecule has 0 aromatic heterocycles. The van der Waals surface area contributed by atoms with Crippen LogP contribution in [0, 0.1) is 13.7 Å². The maximum atomic E-state index is 12.2. The molecule has 0 radical (unpaired) electrons. The van der Waals surface area contributed by atoms with Gasteiger partial charge in [-0.05, 0) is 52.9 Å². The van der Waals surface area contributed by atoms with E-state index in [1.165, 1.54) is 18.2 Å². The Balaban J connectivity index is 2.47. The number of hydrogen-bond donors (Lipinski definition) is 0. The van der Waals surface area contributed by atoms with E-state index in [0.717, 1.165) is 15.7 Å². The number of hydrogen-bond acceptors (Lipinski definition) is 5. The lowest BCUT2D eigenvalue weighted by Crippen LogP contribution is -2.12. The fourth-order valence-electron chi connectivity index (χ4n) is 1.54. The second kappa shape index (κ2) is 6.16. The van der Waals surface area contributed by atoms with E-state index in [-0.39, 0.29) is 10.8 Å². The van der Waals surface area contributed by atoms with Gasteiger partial charge < -0.3 is 4.18 Å². The average Bonchev–Trinajstić information content (AvgIpc) is 2.37. The lowest BCUT2D eigenvalue weighted by atomic mass is 10.3. The Bertz CT molecular complexity index is 809. The fourth-order valence-corrected chi connectivity index (χ4v) is 3.29. The van der Waals surface area contributed by atoms with Gasteiger partial charge in [0.2, 0.25) is 0 Å². The highest BCUT2D eigenvalue weighted by Gasteiger charge is 2.28. The van der Waals surface area contributed by atoms with Gasteiger partial charge in [-0.1, -0.05) is 17.7 Å². The first-order valence-electron chi connectivity index (χ1n) is 5.43. The number of halogens is 2. The third-order valence-corrected chi connectivity index (χ3v) is 4.59. The van der Waals surface area contributed by atoms with Crippen LogP contribution < -0.4 is 4.18 Å². The molecule has 9 heteroatoms. The molecule has 0 N–H and O–H groups in total. The first-order valence-corrected chi connectivity index (χ1v) is 8.30. The van der Waals surface area contributed by atoms with Crippen LogP contribution in [0.5, 0.6) is 5.75 Å². The van der Waals surface area contributed by atoms with E-state index >= 15 is 0 Å². The second-order valence-electron chi connectivity index (χ2n) is 3.86. The zero-order valence-corrected chi connectivity index (χ0v) is 13.9. The Morgan fingerprint density at radius 3 is 2.52 bits per heavy atom. The first kappa shape index (κ1) is 16.0. The topological polar surface area (TPSA) is 86.5 Å². The molecule has 0 aliphatic rings. The van der Waals surface area contributed by atoms with Crippen molar-refractivity contribution in [1.82, 2.24) is 0 Å². The molecule has 0 heterocycles. The second-order valence-corrected chi connectivity index (χ2v) is 7.06. The molecule has 0 atom stereocenters. The Labute approximate surface area is 139 Å². The molecule has 0 saturated carbocycles. The van der Waals surface area contributed by atoms with Crippen LogP contribution in [0.1, 0.15) is 0 Å². The third kappa shape index (κ3) is 3.83. The lowest BCUT2D eigenvalue weighted by molar-refractivity contribution is -0.387. The molecular formula is C12H7ClINO5S. The molecule has 0 amide bonds. The van der Waals surface area contributed by atoms with Crippen LogP contribution in [0.2, 0.25) is 5.02 Å². The van der Waals surface area contributed by atoms with Gasteiger partial charge in [0.05, 0.1) is 4.92 Å². The summed E-state index contributed by atoms with van der Waals surface area (Å²) < 4.78 is 30.0. The number of nitro groups is 1. The zero-order chi connectivity index (χ0) is 15.6. The minimum atomic E-state index is -4.33. The smallest absolute Gasteiger partial charge is 0.346 e. The monoisotopic (exact) mass is 439 g/mol. The maximum Gasteiger partial charge on any atom is 0.346 e. The molecule has 21 heavy (non-hydrogen) atoms. The number of rotatable bonds is 4. The van der Waals surface area contributed by atoms with Crippen molar-refractivity contribution in [2.24, 2.45) is 0 Å². The molecule has 110 valence electrons. The van der Waals surface area contributed by atoms with Crippen LogP contribution in [0.4, 0.5) is 5.69 Å². The highest BCUT2D eigenvalue weighted by molar-refractivity contribution is 14.1. The average molecular weight is 440 g/mol. The fraction of sp³-hybridized carbons (Fsp3) is 0. The summed E-state index contributed by atoms with van der Waals surface area (Å²) in [5.74, 6) is 0.0751. The van der Waals surface area contributed by atoms with Gasteiger partial charge in [-0.3, -0.25) is 10.1 Å². The molecule has 0 aliphatic carbocycles. The van der Waals surface area contributed by atoms with Crippen molar-refractivity contribution in [3.05, 3.63) is 61.2 Å². The summed E-state index contributed by atoms with van der Waals surface area (Å²) in [6.07, 6.45) is 0. The van der Waals surface area contributed by atoms with Gasteiger partial charge in [-0.2, -0.15) is 8.42 Å². The van der Waals surface area contributed by atoms with E-state index in [9.17, 15) is 18.5 Å². The van der Waals surface area contributed by atoms with E-state index in [2.05, 4.69) is 0 Å². The quantitative estimate of drug-likeness (QED) is 0.314. The van der Waals surface area contributed by atoms with Gasteiger partial charge in [0.1, 0.15) is 5.75 Å². The molecule has 0 bridgehead atoms. The van der Waals surface area contributed by atoms with Crippen molar-refractivity contribution >= 4 is 50.0 Å². The number of benzene rings is 2. The van der Waals surface area contributed by atoms with Crippen molar-refractivity contribution in [3.63, 3.8) is 0 Å². The van der Waals surface area contributed by atoms with Gasteiger partial charge in [0.15, 0.2) is 4.90 Å². The largest absolute Gasteiger partial charge is 0.379 e. The highest BCUT2D eigenvalue weighted by Crippen LogP contribution is 2.29. The van der Waals surface area contributed by atoms with Crippen LogP contribution in [0.3, 0.4) is 0 Å². The highest BCUT2D eigenvalue weighted by atomic mass is 127. The van der Waals surface area contributed by atoms with Crippen molar-refractivity contribution < 1.29 is 17.5 Å². The Kier molecular flexibility index (Phi) is 4.69. The molecule has 2 aromatic carbocycles. The summed E-state index contributed by atoms with van der Waals surface area (Å²) in [5.41, 5.74) is -0.631. The molecule has 6 nitrogen and oxygen atoms in total. The van der Waals surface area contributed by atoms with Crippen LogP contribution in [0.15, 0.2) is 47.4 Å². The minimum absolute atomic E-state index is 0.0647. The van der Waals surface area contributed by atoms with Gasteiger partial charge in [-0.15, -0.1) is 0 Å². The molecule has 2 aromatic rings. The first-order chi connectivity index (χ1) is 9.79. The van der Waals surface area contributed by atoms with E-state index < -0.39 is 25.6 Å². The van der Waals surface area contributed by atoms with Crippen LogP contribution in [0.25, 0.3) is 0 Å². The molecular weight excluding hydrogens is 433 g/mol. The summed E-state index contributed by atoms with van der Waals surface area (Å²) in [7, 11) is -4.33. The van der Waals surface area contributed by atoms with E-state index in [4.69, 9.17) is 15.8 Å². The summed E-state index contributed by atoms with van der Waals surface area (Å²) in [6.45, 7) is 0. The van der Waals surface area contributed by atoms with Gasteiger partial charge in [-0.25, -0.2) is 0 Å². The maximum absolute atomic E-state index is 12.2. The summed E-state index contributed by atoms with van der Waals surface area (Å²) in [6, 6.07) is 9.57. The summed E-state index contributed by atoms with van der Waals surface area (Å²) in [4.78, 5) is 9.58. The van der Waals surface area contributed by atoms with Crippen molar-refractivity contribution in [2.75, 3.05) is 0 Å². The van der Waals surface area contributed by atoms with E-state index in [0.29, 0.717) is 0 Å². The van der Waals surface area contributed by atoms with Gasteiger partial charge >= 0.3 is 10.1 Å². The number of nitro benzene ring substituents is 1. The predicted molar refractivity (Wildman–Crippen MR) is 85.1 cm³/mol. The zero-order valence-electron chi connectivity index (χ0n) is 10.2. The van der Waals surface area contributed by atoms with Gasteiger partial charge in [0, 0.05) is 14.7 Å². The Morgan fingerprint density at radius 1 is 1.19 bits per heavy atom. The van der Waals surface area contributed by atoms with Gasteiger partial charge in [0.25, 0.3) is 5.69 Å². The molecule has 0 fully saturated rings. The lowest BCUT2D eigenvalue weighted by Gasteiger charge is -2.08.